The smallest absolute Gasteiger partial charge is 0.384 e. The van der Waals surface area contributed by atoms with Crippen molar-refractivity contribution in [1.82, 2.24) is 0 Å². The van der Waals surface area contributed by atoms with Crippen LogP contribution in [0.15, 0.2) is 0 Å². The Bertz CT molecular complexity index is 712. The summed E-state index contributed by atoms with van der Waals surface area (Å²) in [6.07, 6.45) is -2.71. The molecule has 0 amide bonds. The minimum atomic E-state index is -5.95. The van der Waals surface area contributed by atoms with Crippen molar-refractivity contribution in [3.8, 4) is 0 Å². The number of alkyl halides is 7. The fraction of sp³-hybridized carbons (Fsp3) is 0.909. The van der Waals surface area contributed by atoms with Crippen LogP contribution in [0.4, 0.5) is 30.7 Å². The van der Waals surface area contributed by atoms with Crippen LogP contribution in [-0.2, 0) is 19.1 Å². The van der Waals surface area contributed by atoms with Gasteiger partial charge in [0.2, 0.25) is 0 Å². The summed E-state index contributed by atoms with van der Waals surface area (Å²) >= 11 is 0. The van der Waals surface area contributed by atoms with Gasteiger partial charge in [0, 0.05) is 12.8 Å². The highest BCUT2D eigenvalue weighted by Crippen LogP contribution is 2.59. The van der Waals surface area contributed by atoms with Crippen LogP contribution in [-0.4, -0.2) is 41.2 Å². The van der Waals surface area contributed by atoms with Gasteiger partial charge in [-0.1, -0.05) is 13.8 Å². The fourth-order valence-corrected chi connectivity index (χ4v) is 2.20. The first-order valence-corrected chi connectivity index (χ1v) is 10.6. The minimum Gasteiger partial charge on any atom is -0.460 e. The summed E-state index contributed by atoms with van der Waals surface area (Å²) in [6, 6.07) is 0. The monoisotopic (exact) mass is 496 g/mol. The number of esters is 2. The zero-order valence-corrected chi connectivity index (χ0v) is 20.6. The lowest BCUT2D eigenvalue weighted by atomic mass is 9.84. The zero-order valence-electron chi connectivity index (χ0n) is 20.6. The van der Waals surface area contributed by atoms with E-state index in [0.29, 0.717) is 0 Å². The van der Waals surface area contributed by atoms with Gasteiger partial charge in [-0.05, 0) is 61.3 Å². The van der Waals surface area contributed by atoms with Crippen LogP contribution >= 0.6 is 0 Å². The molecule has 0 aromatic heterocycles. The molecule has 1 unspecified atom stereocenters. The first kappa shape index (κ1) is 31.4. The van der Waals surface area contributed by atoms with Gasteiger partial charge >= 0.3 is 35.6 Å². The number of rotatable bonds is 5. The van der Waals surface area contributed by atoms with Crippen LogP contribution in [0, 0.1) is 10.8 Å². The second-order valence-corrected chi connectivity index (χ2v) is 10.4. The highest BCUT2D eigenvalue weighted by Gasteiger charge is 2.84. The standard InChI is InChI=1S/C12H15F7O2.C10H20O2/c1-4-8(2,3)7(20)21-10(15)6-5-9(13,14)11(16,17)12(10,18)19;1-7-10(5,6)8(11)12-9(2,3)4/h4-6H2,1-3H3;7H2,1-6H3. The van der Waals surface area contributed by atoms with Gasteiger partial charge in [-0.2, -0.15) is 30.7 Å². The van der Waals surface area contributed by atoms with Gasteiger partial charge in [0.25, 0.3) is 0 Å². The van der Waals surface area contributed by atoms with E-state index in [0.717, 1.165) is 6.42 Å². The molecule has 196 valence electrons. The molecule has 0 radical (unpaired) electrons. The van der Waals surface area contributed by atoms with Crippen molar-refractivity contribution in [3.63, 3.8) is 0 Å². The molecule has 0 N–H and O–H groups in total. The molecular weight excluding hydrogens is 461 g/mol. The van der Waals surface area contributed by atoms with Crippen molar-refractivity contribution in [2.45, 2.75) is 117 Å². The lowest BCUT2D eigenvalue weighted by Gasteiger charge is -2.45. The molecule has 0 bridgehead atoms. The van der Waals surface area contributed by atoms with Gasteiger partial charge in [0.1, 0.15) is 5.60 Å². The molecule has 1 aliphatic rings. The van der Waals surface area contributed by atoms with Crippen LogP contribution in [0.5, 0.6) is 0 Å². The molecule has 0 spiro atoms. The third-order valence-corrected chi connectivity index (χ3v) is 5.61. The lowest BCUT2D eigenvalue weighted by molar-refractivity contribution is -0.409. The van der Waals surface area contributed by atoms with E-state index in [1.165, 1.54) is 20.8 Å². The maximum absolute atomic E-state index is 14.1. The average Bonchev–Trinajstić information content (AvgIpc) is 2.64. The van der Waals surface area contributed by atoms with Crippen molar-refractivity contribution in [1.29, 1.82) is 0 Å². The van der Waals surface area contributed by atoms with Crippen molar-refractivity contribution >= 4 is 11.9 Å². The van der Waals surface area contributed by atoms with Crippen LogP contribution in [0.2, 0.25) is 0 Å². The second-order valence-electron chi connectivity index (χ2n) is 10.4. The molecular formula is C22H35F7O4. The summed E-state index contributed by atoms with van der Waals surface area (Å²) in [7, 11) is 0. The Morgan fingerprint density at radius 1 is 0.697 bits per heavy atom. The van der Waals surface area contributed by atoms with Crippen molar-refractivity contribution in [2.75, 3.05) is 0 Å². The van der Waals surface area contributed by atoms with Crippen LogP contribution < -0.4 is 0 Å². The van der Waals surface area contributed by atoms with E-state index in [1.807, 2.05) is 41.5 Å². The third-order valence-electron chi connectivity index (χ3n) is 5.61. The molecule has 1 saturated carbocycles. The Morgan fingerprint density at radius 3 is 1.45 bits per heavy atom. The maximum atomic E-state index is 14.1. The molecule has 33 heavy (non-hydrogen) atoms. The van der Waals surface area contributed by atoms with E-state index in [-0.39, 0.29) is 23.4 Å². The molecule has 1 fully saturated rings. The molecule has 0 saturated heterocycles. The number of hydrogen-bond acceptors (Lipinski definition) is 4. The Hall–Kier alpha value is -1.55. The summed E-state index contributed by atoms with van der Waals surface area (Å²) in [5.41, 5.74) is -2.14. The number of ether oxygens (including phenoxy) is 2. The number of carbonyl (C=O) groups is 2. The molecule has 1 rings (SSSR count). The number of carbonyl (C=O) groups excluding carboxylic acids is 2. The van der Waals surface area contributed by atoms with Gasteiger partial charge in [-0.25, -0.2) is 0 Å². The highest BCUT2D eigenvalue weighted by atomic mass is 19.3. The largest absolute Gasteiger partial charge is 0.460 e. The summed E-state index contributed by atoms with van der Waals surface area (Å²) in [5, 5.41) is 0. The molecule has 11 heteroatoms. The summed E-state index contributed by atoms with van der Waals surface area (Å²) in [5.74, 6) is -22.9. The van der Waals surface area contributed by atoms with Crippen LogP contribution in [0.3, 0.4) is 0 Å². The number of halogens is 7. The predicted molar refractivity (Wildman–Crippen MR) is 108 cm³/mol. The fourth-order valence-electron chi connectivity index (χ4n) is 2.20. The van der Waals surface area contributed by atoms with Crippen molar-refractivity contribution in [2.24, 2.45) is 10.8 Å². The van der Waals surface area contributed by atoms with E-state index in [4.69, 9.17) is 4.74 Å². The quantitative estimate of drug-likeness (QED) is 0.301. The summed E-state index contributed by atoms with van der Waals surface area (Å²) < 4.78 is 102. The molecule has 0 aromatic carbocycles. The second kappa shape index (κ2) is 9.60. The summed E-state index contributed by atoms with van der Waals surface area (Å²) in [4.78, 5) is 23.1. The zero-order chi connectivity index (χ0) is 26.9. The van der Waals surface area contributed by atoms with Crippen molar-refractivity contribution < 1.29 is 49.8 Å². The molecule has 0 heterocycles. The third kappa shape index (κ3) is 6.74. The topological polar surface area (TPSA) is 52.6 Å². The number of hydrogen-bond donors (Lipinski definition) is 0. The van der Waals surface area contributed by atoms with Gasteiger partial charge in [-0.3, -0.25) is 9.59 Å². The average molecular weight is 497 g/mol. The first-order valence-electron chi connectivity index (χ1n) is 10.6. The summed E-state index contributed by atoms with van der Waals surface area (Å²) in [6.45, 7) is 15.4. The van der Waals surface area contributed by atoms with E-state index in [9.17, 15) is 40.3 Å². The van der Waals surface area contributed by atoms with E-state index < -0.39 is 47.8 Å². The molecule has 0 aliphatic heterocycles. The van der Waals surface area contributed by atoms with Crippen LogP contribution in [0.1, 0.15) is 88.0 Å². The Kier molecular flexibility index (Phi) is 9.15. The minimum absolute atomic E-state index is 0.0556. The predicted octanol–water partition coefficient (Wildman–Crippen LogP) is 7.10. The molecule has 0 aromatic rings. The van der Waals surface area contributed by atoms with E-state index >= 15 is 0 Å². The normalized spacial score (nSPS) is 24.2. The lowest BCUT2D eigenvalue weighted by Crippen LogP contribution is -2.69. The molecule has 4 nitrogen and oxygen atoms in total. The highest BCUT2D eigenvalue weighted by molar-refractivity contribution is 5.76. The van der Waals surface area contributed by atoms with Crippen LogP contribution in [0.25, 0.3) is 0 Å². The molecule has 1 aliphatic carbocycles. The Morgan fingerprint density at radius 2 is 1.09 bits per heavy atom. The SMILES string of the molecule is CCC(C)(C)C(=O)OC(C)(C)C.CCC(C)(C)C(=O)OC1(F)CCC(F)(F)C(F)(F)C1(F)F. The van der Waals surface area contributed by atoms with Gasteiger partial charge in [-0.15, -0.1) is 0 Å². The maximum Gasteiger partial charge on any atom is 0.384 e. The molecule has 1 atom stereocenters. The van der Waals surface area contributed by atoms with Gasteiger partial charge in [0.05, 0.1) is 10.8 Å². The first-order chi connectivity index (χ1) is 14.3. The Balaban J connectivity index is 0.000000728. The van der Waals surface area contributed by atoms with Gasteiger partial charge in [0.15, 0.2) is 0 Å². The Labute approximate surface area is 190 Å². The van der Waals surface area contributed by atoms with E-state index in [2.05, 4.69) is 4.74 Å². The van der Waals surface area contributed by atoms with E-state index in [1.54, 1.807) is 0 Å². The van der Waals surface area contributed by atoms with Crippen molar-refractivity contribution in [3.05, 3.63) is 0 Å². The van der Waals surface area contributed by atoms with Gasteiger partial charge < -0.3 is 9.47 Å².